The van der Waals surface area contributed by atoms with E-state index in [1.54, 1.807) is 0 Å². The molecule has 0 fully saturated rings. The number of anilines is 1. The van der Waals surface area contributed by atoms with Crippen molar-refractivity contribution in [3.05, 3.63) is 22.7 Å². The molecule has 0 aliphatic rings. The van der Waals surface area contributed by atoms with Crippen LogP contribution < -0.4 is 11.1 Å². The van der Waals surface area contributed by atoms with E-state index >= 15 is 0 Å². The van der Waals surface area contributed by atoms with E-state index < -0.39 is 21.5 Å². The predicted molar refractivity (Wildman–Crippen MR) is 73.9 cm³/mol. The zero-order valence-corrected chi connectivity index (χ0v) is 12.3. The van der Waals surface area contributed by atoms with E-state index in [4.69, 9.17) is 5.73 Å². The minimum atomic E-state index is -3.65. The Balaban J connectivity index is 2.90. The summed E-state index contributed by atoms with van der Waals surface area (Å²) in [6.45, 7) is 2.36. The van der Waals surface area contributed by atoms with Crippen molar-refractivity contribution in [2.75, 3.05) is 18.0 Å². The normalized spacial score (nSPS) is 11.2. The van der Waals surface area contributed by atoms with E-state index in [1.165, 1.54) is 18.2 Å². The molecule has 0 spiro atoms. The van der Waals surface area contributed by atoms with E-state index in [0.29, 0.717) is 16.7 Å². The molecule has 5 nitrogen and oxygen atoms in total. The number of nitrogen functional groups attached to an aromatic ring is 1. The Morgan fingerprint density at radius 2 is 2.11 bits per heavy atom. The van der Waals surface area contributed by atoms with E-state index in [1.807, 2.05) is 6.92 Å². The quantitative estimate of drug-likeness (QED) is 0.795. The number of sulfone groups is 1. The molecule has 0 saturated heterocycles. The van der Waals surface area contributed by atoms with Crippen molar-refractivity contribution in [3.63, 3.8) is 0 Å². The van der Waals surface area contributed by atoms with Gasteiger partial charge in [0.2, 0.25) is 5.91 Å². The maximum atomic E-state index is 12.0. The van der Waals surface area contributed by atoms with Gasteiger partial charge in [-0.1, -0.05) is 6.92 Å². The second-order valence-corrected chi connectivity index (χ2v) is 6.61. The topological polar surface area (TPSA) is 89.3 Å². The maximum Gasteiger partial charge on any atom is 0.235 e. The van der Waals surface area contributed by atoms with Crippen molar-refractivity contribution in [1.82, 2.24) is 5.32 Å². The van der Waals surface area contributed by atoms with Gasteiger partial charge in [-0.25, -0.2) is 8.42 Å². The molecule has 0 atom stereocenters. The van der Waals surface area contributed by atoms with Gasteiger partial charge in [-0.15, -0.1) is 0 Å². The zero-order chi connectivity index (χ0) is 13.8. The van der Waals surface area contributed by atoms with Crippen LogP contribution in [-0.2, 0) is 14.6 Å². The van der Waals surface area contributed by atoms with Crippen LogP contribution in [0.15, 0.2) is 27.6 Å². The molecule has 1 amide bonds. The zero-order valence-electron chi connectivity index (χ0n) is 9.94. The van der Waals surface area contributed by atoms with Crippen LogP contribution in [0.3, 0.4) is 0 Å². The Hall–Kier alpha value is -1.08. The summed E-state index contributed by atoms with van der Waals surface area (Å²) in [5.74, 6) is -1.06. The number of carbonyl (C=O) groups is 1. The van der Waals surface area contributed by atoms with Gasteiger partial charge in [-0.2, -0.15) is 0 Å². The van der Waals surface area contributed by atoms with Gasteiger partial charge in [0.05, 0.1) is 4.90 Å². The predicted octanol–water partition coefficient (Wildman–Crippen LogP) is 1.33. The smallest absolute Gasteiger partial charge is 0.235 e. The summed E-state index contributed by atoms with van der Waals surface area (Å²) in [4.78, 5) is 11.5. The van der Waals surface area contributed by atoms with Crippen LogP contribution in [0.5, 0.6) is 0 Å². The Bertz CT molecular complexity index is 543. The summed E-state index contributed by atoms with van der Waals surface area (Å²) in [7, 11) is -3.65. The molecule has 0 unspecified atom stereocenters. The molecule has 0 aliphatic carbocycles. The fourth-order valence-corrected chi connectivity index (χ4v) is 3.71. The molecule has 7 heteroatoms. The molecule has 3 N–H and O–H groups in total. The van der Waals surface area contributed by atoms with E-state index in [9.17, 15) is 13.2 Å². The lowest BCUT2D eigenvalue weighted by Gasteiger charge is -2.07. The van der Waals surface area contributed by atoms with Gasteiger partial charge in [0.15, 0.2) is 9.84 Å². The highest BCUT2D eigenvalue weighted by molar-refractivity contribution is 9.10. The monoisotopic (exact) mass is 334 g/mol. The SMILES string of the molecule is CCCNC(=O)CS(=O)(=O)c1ccc(N)cc1Br. The second kappa shape index (κ2) is 6.19. The molecule has 0 radical (unpaired) electrons. The summed E-state index contributed by atoms with van der Waals surface area (Å²) >= 11 is 3.13. The molecule has 100 valence electrons. The van der Waals surface area contributed by atoms with Crippen molar-refractivity contribution in [2.45, 2.75) is 18.2 Å². The Labute approximate surface area is 115 Å². The number of hydrogen-bond acceptors (Lipinski definition) is 4. The fraction of sp³-hybridized carbons (Fsp3) is 0.364. The van der Waals surface area contributed by atoms with Crippen LogP contribution >= 0.6 is 15.9 Å². The number of amides is 1. The van der Waals surface area contributed by atoms with Gasteiger partial charge >= 0.3 is 0 Å². The van der Waals surface area contributed by atoms with Crippen molar-refractivity contribution < 1.29 is 13.2 Å². The molecule has 0 bridgehead atoms. The van der Waals surface area contributed by atoms with Gasteiger partial charge in [-0.3, -0.25) is 4.79 Å². The number of halogens is 1. The van der Waals surface area contributed by atoms with Crippen LogP contribution in [0, 0.1) is 0 Å². The number of carbonyl (C=O) groups excluding carboxylic acids is 1. The van der Waals surface area contributed by atoms with Crippen LogP contribution in [0.4, 0.5) is 5.69 Å². The summed E-state index contributed by atoms with van der Waals surface area (Å²) < 4.78 is 24.4. The molecule has 1 rings (SSSR count). The van der Waals surface area contributed by atoms with E-state index in [-0.39, 0.29) is 4.90 Å². The third-order valence-electron chi connectivity index (χ3n) is 2.18. The van der Waals surface area contributed by atoms with Crippen molar-refractivity contribution in [2.24, 2.45) is 0 Å². The number of rotatable bonds is 5. The van der Waals surface area contributed by atoms with Crippen LogP contribution in [0.1, 0.15) is 13.3 Å². The highest BCUT2D eigenvalue weighted by Gasteiger charge is 2.21. The molecule has 0 aliphatic heterocycles. The molecule has 18 heavy (non-hydrogen) atoms. The van der Waals surface area contributed by atoms with Crippen LogP contribution in [0.25, 0.3) is 0 Å². The maximum absolute atomic E-state index is 12.0. The fourth-order valence-electron chi connectivity index (χ4n) is 1.34. The first kappa shape index (κ1) is 15.0. The summed E-state index contributed by atoms with van der Waals surface area (Å²) in [6.07, 6.45) is 0.761. The number of nitrogens with two attached hydrogens (primary N) is 1. The van der Waals surface area contributed by atoms with E-state index in [0.717, 1.165) is 6.42 Å². The van der Waals surface area contributed by atoms with Gasteiger partial charge in [0.25, 0.3) is 0 Å². The third-order valence-corrected chi connectivity index (χ3v) is 4.77. The van der Waals surface area contributed by atoms with Gasteiger partial charge < -0.3 is 11.1 Å². The average molecular weight is 335 g/mol. The molecule has 0 heterocycles. The lowest BCUT2D eigenvalue weighted by atomic mass is 10.3. The highest BCUT2D eigenvalue weighted by Crippen LogP contribution is 2.25. The van der Waals surface area contributed by atoms with E-state index in [2.05, 4.69) is 21.2 Å². The molecule has 0 saturated carbocycles. The minimum Gasteiger partial charge on any atom is -0.399 e. The largest absolute Gasteiger partial charge is 0.399 e. The molecular weight excluding hydrogens is 320 g/mol. The van der Waals surface area contributed by atoms with Gasteiger partial charge in [0.1, 0.15) is 5.75 Å². The second-order valence-electron chi connectivity index (χ2n) is 3.80. The average Bonchev–Trinajstić information content (AvgIpc) is 2.25. The minimum absolute atomic E-state index is 0.0725. The molecule has 1 aromatic rings. The van der Waals surface area contributed by atoms with Crippen molar-refractivity contribution in [3.8, 4) is 0 Å². The Morgan fingerprint density at radius 3 is 2.67 bits per heavy atom. The van der Waals surface area contributed by atoms with Crippen molar-refractivity contribution in [1.29, 1.82) is 0 Å². The lowest BCUT2D eigenvalue weighted by Crippen LogP contribution is -2.30. The Morgan fingerprint density at radius 1 is 1.44 bits per heavy atom. The number of hydrogen-bond donors (Lipinski definition) is 2. The lowest BCUT2D eigenvalue weighted by molar-refractivity contribution is -0.118. The highest BCUT2D eigenvalue weighted by atomic mass is 79.9. The number of benzene rings is 1. The standard InChI is InChI=1S/C11H15BrN2O3S/c1-2-5-14-11(15)7-18(16,17)10-4-3-8(13)6-9(10)12/h3-4,6H,2,5,7,13H2,1H3,(H,14,15). The first-order valence-corrected chi connectivity index (χ1v) is 7.86. The summed E-state index contributed by atoms with van der Waals surface area (Å²) in [5, 5.41) is 2.53. The Kier molecular flexibility index (Phi) is 5.15. The van der Waals surface area contributed by atoms with Crippen molar-refractivity contribution >= 4 is 37.4 Å². The van der Waals surface area contributed by atoms with Gasteiger partial charge in [-0.05, 0) is 40.5 Å². The molecule has 1 aromatic carbocycles. The van der Waals surface area contributed by atoms with Crippen LogP contribution in [-0.4, -0.2) is 26.6 Å². The summed E-state index contributed by atoms with van der Waals surface area (Å²) in [5.41, 5.74) is 5.99. The summed E-state index contributed by atoms with van der Waals surface area (Å²) in [6, 6.07) is 4.38. The van der Waals surface area contributed by atoms with Crippen LogP contribution in [0.2, 0.25) is 0 Å². The molecule has 0 aromatic heterocycles. The first-order valence-electron chi connectivity index (χ1n) is 5.41. The molecular formula is C11H15BrN2O3S. The third kappa shape index (κ3) is 3.99. The first-order chi connectivity index (χ1) is 8.36. The number of nitrogens with one attached hydrogen (secondary N) is 1. The van der Waals surface area contributed by atoms with Gasteiger partial charge in [0, 0.05) is 16.7 Å².